The van der Waals surface area contributed by atoms with Gasteiger partial charge in [-0.2, -0.15) is 23.5 Å². The van der Waals surface area contributed by atoms with E-state index >= 15 is 0 Å². The maximum atomic E-state index is 9.85. The summed E-state index contributed by atoms with van der Waals surface area (Å²) in [5, 5.41) is 11.6. The van der Waals surface area contributed by atoms with Crippen molar-refractivity contribution in [2.24, 2.45) is 0 Å². The summed E-state index contributed by atoms with van der Waals surface area (Å²) in [4.78, 5) is 4.76. The van der Waals surface area contributed by atoms with Crippen molar-refractivity contribution in [1.82, 2.24) is 14.1 Å². The van der Waals surface area contributed by atoms with Crippen molar-refractivity contribution in [2.75, 3.05) is 0 Å². The van der Waals surface area contributed by atoms with Gasteiger partial charge in [0, 0.05) is 44.3 Å². The number of benzene rings is 7. The third-order valence-corrected chi connectivity index (χ3v) is 10.2. The molecule has 3 aromatic heterocycles. The second kappa shape index (κ2) is 15.6. The maximum absolute atomic E-state index is 9.85. The van der Waals surface area contributed by atoms with Gasteiger partial charge in [-0.15, -0.1) is 29.7 Å². The molecular weight excluding hydrogens is 918 g/mol. The summed E-state index contributed by atoms with van der Waals surface area (Å²) >= 11 is 0. The minimum absolute atomic E-state index is 0. The molecule has 7 aromatic carbocycles. The number of ether oxygens (including phenoxy) is 1. The largest absolute Gasteiger partial charge is 0.510 e. The third-order valence-electron chi connectivity index (χ3n) is 10.2. The summed E-state index contributed by atoms with van der Waals surface area (Å²) < 4.78 is 98.5. The second-order valence-corrected chi connectivity index (χ2v) is 14.9. The molecule has 10 rings (SSSR count). The summed E-state index contributed by atoms with van der Waals surface area (Å²) in [5.74, 6) is 1.35. The van der Waals surface area contributed by atoms with E-state index in [2.05, 4.69) is 45.3 Å². The van der Waals surface area contributed by atoms with Crippen molar-refractivity contribution >= 4 is 32.8 Å². The molecule has 0 aliphatic heterocycles. The van der Waals surface area contributed by atoms with Gasteiger partial charge in [-0.25, -0.2) is 4.98 Å². The standard InChI is InChI=1S/C53H37N5O.Pt/c1-53(2,3)39-28-29-55-51(31-39)58-49-30-36(34-54)24-26-45(49)46-27-25-42(33-50(46)58)59-41-19-12-18-40(32-41)56-35-57(48-23-11-10-22-47(48)56)52-43(37-14-6-4-7-15-37)20-13-21-44(52)38-16-8-5-9-17-38;/h4-31H,1-3H3;/q-2;/i4D,5D,6D,7D,8D,9D,14D,15D,16D,17D;. The Kier molecular flexibility index (Phi) is 7.38. The fourth-order valence-corrected chi connectivity index (χ4v) is 7.40. The Hall–Kier alpha value is -7.06. The van der Waals surface area contributed by atoms with Crippen LogP contribution in [-0.2, 0) is 26.5 Å². The maximum Gasteiger partial charge on any atom is 0.268 e. The molecule has 10 aromatic rings. The van der Waals surface area contributed by atoms with Gasteiger partial charge in [0.05, 0.1) is 42.1 Å². The minimum atomic E-state index is -0.581. The van der Waals surface area contributed by atoms with Crippen LogP contribution in [0.15, 0.2) is 170 Å². The fourth-order valence-electron chi connectivity index (χ4n) is 7.40. The van der Waals surface area contributed by atoms with E-state index in [0.29, 0.717) is 45.1 Å². The summed E-state index contributed by atoms with van der Waals surface area (Å²) in [6.07, 6.45) is 5.16. The first kappa shape index (κ1) is 28.4. The Balaban J connectivity index is 0.00000608. The van der Waals surface area contributed by atoms with Crippen LogP contribution >= 0.6 is 0 Å². The van der Waals surface area contributed by atoms with Crippen molar-refractivity contribution in [3.05, 3.63) is 199 Å². The van der Waals surface area contributed by atoms with E-state index in [1.807, 2.05) is 53.1 Å². The van der Waals surface area contributed by atoms with Crippen LogP contribution in [0.2, 0.25) is 0 Å². The third kappa shape index (κ3) is 6.87. The van der Waals surface area contributed by atoms with Crippen molar-refractivity contribution in [3.8, 4) is 57.0 Å². The predicted molar refractivity (Wildman–Crippen MR) is 234 cm³/mol. The number of hydrogen-bond acceptors (Lipinski definition) is 3. The van der Waals surface area contributed by atoms with Crippen LogP contribution in [0.3, 0.4) is 0 Å². The minimum Gasteiger partial charge on any atom is -0.510 e. The van der Waals surface area contributed by atoms with Crippen molar-refractivity contribution in [2.45, 2.75) is 26.2 Å². The first-order valence-electron chi connectivity index (χ1n) is 23.8. The SMILES string of the molecule is [2H]c1c([2H])c([2H])c(-c2cccc(-c3c([2H])c([2H])c([2H])c([2H])c3[2H])c2-[n+]2[c-]n(-c3[c-]c(Oc4[c-]c5c(cc4)c4ccc(C#N)cc4n5-c4cc(C(C)(C)C)ccn4)ccc3)c3ccccc32)c([2H])c1[2H].[Pt]. The molecule has 6 nitrogen and oxygen atoms in total. The molecule has 0 saturated carbocycles. The summed E-state index contributed by atoms with van der Waals surface area (Å²) in [7, 11) is 0. The Morgan fingerprint density at radius 2 is 1.40 bits per heavy atom. The van der Waals surface area contributed by atoms with Gasteiger partial charge in [-0.1, -0.05) is 135 Å². The van der Waals surface area contributed by atoms with Gasteiger partial charge in [0.25, 0.3) is 6.33 Å². The van der Waals surface area contributed by atoms with Crippen LogP contribution < -0.4 is 9.30 Å². The van der Waals surface area contributed by atoms with E-state index in [0.717, 1.165) is 21.9 Å². The average Bonchev–Trinajstić information content (AvgIpc) is 3.89. The zero-order valence-electron chi connectivity index (χ0n) is 42.4. The number of nitriles is 1. The zero-order valence-corrected chi connectivity index (χ0v) is 34.6. The molecule has 0 atom stereocenters. The summed E-state index contributed by atoms with van der Waals surface area (Å²) in [6.45, 7) is 6.40. The number of fused-ring (bicyclic) bond motifs is 4. The monoisotopic (exact) mass is 964 g/mol. The molecule has 0 radical (unpaired) electrons. The quantitative estimate of drug-likeness (QED) is 0.118. The van der Waals surface area contributed by atoms with E-state index in [-0.39, 0.29) is 54.4 Å². The number of pyridine rings is 1. The van der Waals surface area contributed by atoms with Gasteiger partial charge in [0.1, 0.15) is 5.82 Å². The van der Waals surface area contributed by atoms with E-state index < -0.39 is 60.4 Å². The van der Waals surface area contributed by atoms with Gasteiger partial charge in [-0.05, 0) is 68.6 Å². The first-order valence-corrected chi connectivity index (χ1v) is 18.8. The number of hydrogen-bond donors (Lipinski definition) is 0. The number of imidazole rings is 1. The van der Waals surface area contributed by atoms with Crippen molar-refractivity contribution in [1.29, 1.82) is 5.26 Å². The topological polar surface area (TPSA) is 59.6 Å². The summed E-state index contributed by atoms with van der Waals surface area (Å²) in [5.41, 5.74) is 4.58. The number of nitrogens with zero attached hydrogens (tertiary/aromatic N) is 5. The molecule has 3 heterocycles. The van der Waals surface area contributed by atoms with Gasteiger partial charge in [0.2, 0.25) is 0 Å². The molecule has 60 heavy (non-hydrogen) atoms. The number of aromatic nitrogens is 4. The Bertz CT molecular complexity index is 3710. The number of para-hydroxylation sites is 3. The first-order chi connectivity index (χ1) is 33.0. The van der Waals surface area contributed by atoms with E-state index in [9.17, 15) is 5.26 Å². The van der Waals surface area contributed by atoms with Crippen LogP contribution in [0.1, 0.15) is 45.6 Å². The van der Waals surface area contributed by atoms with Crippen LogP contribution in [0.4, 0.5) is 0 Å². The Morgan fingerprint density at radius 1 is 0.717 bits per heavy atom. The zero-order chi connectivity index (χ0) is 48.8. The fraction of sp³-hybridized carbons (Fsp3) is 0.0755. The van der Waals surface area contributed by atoms with Gasteiger partial charge >= 0.3 is 0 Å². The molecule has 0 bridgehead atoms. The molecule has 7 heteroatoms. The predicted octanol–water partition coefficient (Wildman–Crippen LogP) is 12.1. The second-order valence-electron chi connectivity index (χ2n) is 14.9. The molecule has 0 unspecified atom stereocenters. The van der Waals surface area contributed by atoms with E-state index in [1.54, 1.807) is 69.9 Å². The molecule has 292 valence electrons. The van der Waals surface area contributed by atoms with E-state index in [1.165, 1.54) is 0 Å². The van der Waals surface area contributed by atoms with Gasteiger partial charge in [0.15, 0.2) is 0 Å². The molecular formula is C53H37N5OPt-2. The average molecular weight is 965 g/mol. The van der Waals surface area contributed by atoms with Crippen LogP contribution in [-0.4, -0.2) is 14.1 Å². The van der Waals surface area contributed by atoms with E-state index in [4.69, 9.17) is 23.4 Å². The van der Waals surface area contributed by atoms with Gasteiger partial charge in [-0.3, -0.25) is 4.57 Å². The number of rotatable bonds is 7. The van der Waals surface area contributed by atoms with Gasteiger partial charge < -0.3 is 13.9 Å². The normalized spacial score (nSPS) is 13.8. The Labute approximate surface area is 377 Å². The van der Waals surface area contributed by atoms with Crippen LogP contribution in [0, 0.1) is 29.8 Å². The Morgan fingerprint density at radius 3 is 2.12 bits per heavy atom. The smallest absolute Gasteiger partial charge is 0.268 e. The molecule has 0 aliphatic carbocycles. The summed E-state index contributed by atoms with van der Waals surface area (Å²) in [6, 6.07) is 34.3. The molecule has 0 fully saturated rings. The molecule has 0 aliphatic rings. The molecule has 0 N–H and O–H groups in total. The van der Waals surface area contributed by atoms with Crippen molar-refractivity contribution in [3.63, 3.8) is 0 Å². The van der Waals surface area contributed by atoms with Crippen molar-refractivity contribution < 1.29 is 44.1 Å². The molecule has 0 saturated heterocycles. The molecule has 0 amide bonds. The molecule has 0 spiro atoms. The van der Waals surface area contributed by atoms with Crippen LogP contribution in [0.5, 0.6) is 11.5 Å². The van der Waals surface area contributed by atoms with Crippen LogP contribution in [0.25, 0.3) is 72.3 Å².